The zero-order valence-electron chi connectivity index (χ0n) is 6.16. The second-order valence-electron chi connectivity index (χ2n) is 2.15. The molecule has 0 heterocycles. The Morgan fingerprint density at radius 2 is 2.25 bits per heavy atom. The summed E-state index contributed by atoms with van der Waals surface area (Å²) in [4.78, 5) is 3.04. The van der Waals surface area contributed by atoms with Crippen LogP contribution in [0.2, 0.25) is 0 Å². The van der Waals surface area contributed by atoms with Crippen LogP contribution in [0.1, 0.15) is 5.56 Å². The molecule has 12 heavy (non-hydrogen) atoms. The predicted octanol–water partition coefficient (Wildman–Crippen LogP) is 3.04. The lowest BCUT2D eigenvalue weighted by molar-refractivity contribution is 0.473. The Hall–Kier alpha value is -1.27. The summed E-state index contributed by atoms with van der Waals surface area (Å²) in [5.74, 6) is 0.171. The lowest BCUT2D eigenvalue weighted by atomic mass is 10.2. The van der Waals surface area contributed by atoms with Crippen molar-refractivity contribution in [1.29, 1.82) is 0 Å². The number of nitrogens with zero attached hydrogens (tertiary/aromatic N) is 1. The molecule has 0 saturated heterocycles. The Kier molecular flexibility index (Phi) is 2.89. The molecule has 0 bridgehead atoms. The lowest BCUT2D eigenvalue weighted by Crippen LogP contribution is -1.73. The molecular weight excluding hydrogens is 218 g/mol. The number of rotatable bonds is 1. The van der Waals surface area contributed by atoms with E-state index in [0.29, 0.717) is 5.56 Å². The Morgan fingerprint density at radius 3 is 2.83 bits per heavy atom. The fourth-order valence-electron chi connectivity index (χ4n) is 0.775. The summed E-state index contributed by atoms with van der Waals surface area (Å²) >= 11 is 3.22. The van der Waals surface area contributed by atoms with Gasteiger partial charge in [-0.25, -0.2) is 4.85 Å². The number of aromatic hydroxyl groups is 1. The van der Waals surface area contributed by atoms with Crippen LogP contribution in [-0.4, -0.2) is 5.11 Å². The summed E-state index contributed by atoms with van der Waals surface area (Å²) < 4.78 is 0.819. The van der Waals surface area contributed by atoms with Gasteiger partial charge in [-0.15, -0.1) is 0 Å². The summed E-state index contributed by atoms with van der Waals surface area (Å²) in [5, 5.41) is 9.33. The molecule has 60 valence electrons. The number of halogens is 1. The van der Waals surface area contributed by atoms with Gasteiger partial charge in [0.05, 0.1) is 6.57 Å². The fraction of sp³-hybridized carbons (Fsp3) is 0. The van der Waals surface area contributed by atoms with Gasteiger partial charge in [0.15, 0.2) is 6.20 Å². The van der Waals surface area contributed by atoms with Crippen molar-refractivity contribution < 1.29 is 5.11 Å². The van der Waals surface area contributed by atoms with Gasteiger partial charge in [-0.05, 0) is 12.1 Å². The number of phenolic OH excluding ortho intramolecular Hbond substituents is 1. The normalized spacial score (nSPS) is 10.0. The average Bonchev–Trinajstić information content (AvgIpc) is 2.03. The molecule has 3 heteroatoms. The third-order valence-electron chi connectivity index (χ3n) is 1.32. The van der Waals surface area contributed by atoms with E-state index in [1.807, 2.05) is 6.07 Å². The molecule has 0 unspecified atom stereocenters. The minimum atomic E-state index is 0.171. The Balaban J connectivity index is 3.03. The van der Waals surface area contributed by atoms with Crippen molar-refractivity contribution in [2.24, 2.45) is 0 Å². The maximum absolute atomic E-state index is 9.33. The molecule has 1 aromatic rings. The molecule has 1 N–H and O–H groups in total. The molecular formula is C9H6BrNO. The zero-order chi connectivity index (χ0) is 8.97. The highest BCUT2D eigenvalue weighted by Crippen LogP contribution is 2.23. The van der Waals surface area contributed by atoms with Gasteiger partial charge in [-0.3, -0.25) is 0 Å². The van der Waals surface area contributed by atoms with Gasteiger partial charge >= 0.3 is 0 Å². The van der Waals surface area contributed by atoms with E-state index in [4.69, 9.17) is 6.57 Å². The quantitative estimate of drug-likeness (QED) is 0.728. The maximum Gasteiger partial charge on any atom is 0.154 e. The van der Waals surface area contributed by atoms with Crippen molar-refractivity contribution in [3.05, 3.63) is 45.9 Å². The summed E-state index contributed by atoms with van der Waals surface area (Å²) in [6, 6.07) is 5.13. The van der Waals surface area contributed by atoms with Crippen LogP contribution < -0.4 is 0 Å². The first-order valence-electron chi connectivity index (χ1n) is 3.25. The standard InChI is InChI=1S/C9H6BrNO/c1-11-5-4-7-2-3-8(10)6-9(7)12/h2-6,12H. The van der Waals surface area contributed by atoms with Crippen LogP contribution in [0.5, 0.6) is 5.75 Å². The smallest absolute Gasteiger partial charge is 0.154 e. The summed E-state index contributed by atoms with van der Waals surface area (Å²) in [7, 11) is 0. The molecule has 0 radical (unpaired) electrons. The molecule has 0 fully saturated rings. The van der Waals surface area contributed by atoms with Gasteiger partial charge in [-0.1, -0.05) is 28.1 Å². The Bertz CT molecular complexity index is 352. The zero-order valence-corrected chi connectivity index (χ0v) is 7.75. The Labute approximate surface area is 79.1 Å². The van der Waals surface area contributed by atoms with Crippen molar-refractivity contribution in [3.8, 4) is 5.75 Å². The number of hydrogen-bond acceptors (Lipinski definition) is 1. The molecule has 1 aromatic carbocycles. The van der Waals surface area contributed by atoms with E-state index < -0.39 is 0 Å². The van der Waals surface area contributed by atoms with Gasteiger partial charge in [-0.2, -0.15) is 0 Å². The molecule has 0 atom stereocenters. The maximum atomic E-state index is 9.33. The van der Waals surface area contributed by atoms with Gasteiger partial charge < -0.3 is 5.11 Å². The molecule has 0 aliphatic rings. The lowest BCUT2D eigenvalue weighted by Gasteiger charge is -1.97. The largest absolute Gasteiger partial charge is 0.507 e. The third kappa shape index (κ3) is 2.11. The number of benzene rings is 1. The third-order valence-corrected chi connectivity index (χ3v) is 1.81. The number of phenols is 1. The van der Waals surface area contributed by atoms with Gasteiger partial charge in [0.25, 0.3) is 0 Å². The molecule has 0 amide bonds. The van der Waals surface area contributed by atoms with E-state index in [1.54, 1.807) is 18.2 Å². The van der Waals surface area contributed by atoms with E-state index in [0.717, 1.165) is 4.47 Å². The minimum Gasteiger partial charge on any atom is -0.507 e. The summed E-state index contributed by atoms with van der Waals surface area (Å²) in [6.07, 6.45) is 2.87. The van der Waals surface area contributed by atoms with Gasteiger partial charge in [0.1, 0.15) is 5.75 Å². The first kappa shape index (κ1) is 8.82. The highest BCUT2D eigenvalue weighted by atomic mass is 79.9. The molecule has 0 spiro atoms. The van der Waals surface area contributed by atoms with Crippen LogP contribution in [0.25, 0.3) is 10.9 Å². The highest BCUT2D eigenvalue weighted by Gasteiger charge is 1.96. The predicted molar refractivity (Wildman–Crippen MR) is 51.4 cm³/mol. The van der Waals surface area contributed by atoms with Gasteiger partial charge in [0.2, 0.25) is 0 Å². The van der Waals surface area contributed by atoms with E-state index in [9.17, 15) is 5.11 Å². The average molecular weight is 224 g/mol. The van der Waals surface area contributed by atoms with Crippen LogP contribution in [0, 0.1) is 6.57 Å². The molecule has 0 aromatic heterocycles. The molecule has 2 nitrogen and oxygen atoms in total. The highest BCUT2D eigenvalue weighted by molar-refractivity contribution is 9.10. The van der Waals surface area contributed by atoms with E-state index >= 15 is 0 Å². The fourth-order valence-corrected chi connectivity index (χ4v) is 1.12. The van der Waals surface area contributed by atoms with Crippen LogP contribution in [0.15, 0.2) is 28.9 Å². The molecule has 1 rings (SSSR count). The Morgan fingerprint density at radius 1 is 1.50 bits per heavy atom. The molecule has 0 aliphatic carbocycles. The van der Waals surface area contributed by atoms with E-state index in [1.165, 1.54) is 6.20 Å². The van der Waals surface area contributed by atoms with Crippen molar-refractivity contribution in [3.63, 3.8) is 0 Å². The summed E-state index contributed by atoms with van der Waals surface area (Å²) in [5.41, 5.74) is 0.647. The first-order valence-corrected chi connectivity index (χ1v) is 4.05. The van der Waals surface area contributed by atoms with Gasteiger partial charge in [0, 0.05) is 10.0 Å². The second kappa shape index (κ2) is 3.93. The monoisotopic (exact) mass is 223 g/mol. The van der Waals surface area contributed by atoms with E-state index in [2.05, 4.69) is 20.8 Å². The van der Waals surface area contributed by atoms with Crippen molar-refractivity contribution in [1.82, 2.24) is 0 Å². The first-order chi connectivity index (χ1) is 5.74. The van der Waals surface area contributed by atoms with E-state index in [-0.39, 0.29) is 5.75 Å². The molecule has 0 saturated carbocycles. The number of hydrogen-bond donors (Lipinski definition) is 1. The topological polar surface area (TPSA) is 24.6 Å². The van der Waals surface area contributed by atoms with Crippen LogP contribution in [0.3, 0.4) is 0 Å². The molecule has 0 aliphatic heterocycles. The SMILES string of the molecule is [C-]#[N+]C=Cc1ccc(Br)cc1O. The summed E-state index contributed by atoms with van der Waals surface area (Å²) in [6.45, 7) is 6.51. The second-order valence-corrected chi connectivity index (χ2v) is 3.06. The van der Waals surface area contributed by atoms with Crippen LogP contribution in [0.4, 0.5) is 0 Å². The minimum absolute atomic E-state index is 0.171. The van der Waals surface area contributed by atoms with Crippen molar-refractivity contribution in [2.75, 3.05) is 0 Å². The van der Waals surface area contributed by atoms with Crippen molar-refractivity contribution >= 4 is 22.0 Å². The van der Waals surface area contributed by atoms with Crippen LogP contribution in [-0.2, 0) is 0 Å². The van der Waals surface area contributed by atoms with Crippen LogP contribution >= 0.6 is 15.9 Å². The van der Waals surface area contributed by atoms with Crippen molar-refractivity contribution in [2.45, 2.75) is 0 Å².